The summed E-state index contributed by atoms with van der Waals surface area (Å²) in [5.74, 6) is -1.83. The van der Waals surface area contributed by atoms with E-state index in [-0.39, 0.29) is 0 Å². The standard InChI is InChI=1S/C6H11NO5/c1-11-5(9)3(7)4(8)6(10)12-2/h3-4,8H,7H2,1-2H3/t3-,4?/m0/s1. The van der Waals surface area contributed by atoms with E-state index in [4.69, 9.17) is 10.8 Å². The van der Waals surface area contributed by atoms with Crippen molar-refractivity contribution < 1.29 is 24.2 Å². The zero-order valence-corrected chi connectivity index (χ0v) is 6.81. The Morgan fingerprint density at radius 2 is 1.67 bits per heavy atom. The molecule has 0 aliphatic carbocycles. The summed E-state index contributed by atoms with van der Waals surface area (Å²) in [5.41, 5.74) is 5.12. The Bertz CT molecular complexity index is 161. The van der Waals surface area contributed by atoms with Crippen molar-refractivity contribution in [2.24, 2.45) is 5.73 Å². The molecule has 12 heavy (non-hydrogen) atoms. The quantitative estimate of drug-likeness (QED) is 0.485. The van der Waals surface area contributed by atoms with Crippen molar-refractivity contribution in [3.8, 4) is 0 Å². The number of rotatable bonds is 3. The number of hydrogen-bond donors (Lipinski definition) is 2. The van der Waals surface area contributed by atoms with Crippen LogP contribution in [-0.4, -0.2) is 43.4 Å². The molecule has 0 radical (unpaired) electrons. The number of aliphatic hydroxyl groups is 1. The van der Waals surface area contributed by atoms with Crippen molar-refractivity contribution in [3.63, 3.8) is 0 Å². The summed E-state index contributed by atoms with van der Waals surface area (Å²) >= 11 is 0. The molecule has 0 spiro atoms. The second kappa shape index (κ2) is 4.68. The number of carbonyl (C=O) groups is 2. The molecule has 0 heterocycles. The fraction of sp³-hybridized carbons (Fsp3) is 0.667. The minimum absolute atomic E-state index is 0.868. The van der Waals surface area contributed by atoms with E-state index in [1.807, 2.05) is 0 Å². The van der Waals surface area contributed by atoms with Gasteiger partial charge in [0.05, 0.1) is 14.2 Å². The number of aliphatic hydroxyl groups excluding tert-OH is 1. The van der Waals surface area contributed by atoms with Gasteiger partial charge in [0.2, 0.25) is 0 Å². The van der Waals surface area contributed by atoms with Gasteiger partial charge in [-0.05, 0) is 0 Å². The SMILES string of the molecule is COC(=O)C(O)[C@H](N)C(=O)OC. The topological polar surface area (TPSA) is 98.9 Å². The molecule has 1 unspecified atom stereocenters. The molecule has 0 rings (SSSR count). The molecule has 6 heteroatoms. The summed E-state index contributed by atoms with van der Waals surface area (Å²) < 4.78 is 8.35. The van der Waals surface area contributed by atoms with E-state index in [2.05, 4.69) is 9.47 Å². The molecule has 0 amide bonds. The van der Waals surface area contributed by atoms with Gasteiger partial charge in [-0.15, -0.1) is 0 Å². The molecule has 0 aromatic heterocycles. The summed E-state index contributed by atoms with van der Waals surface area (Å²) in [5, 5.41) is 8.99. The van der Waals surface area contributed by atoms with Crippen LogP contribution in [0.5, 0.6) is 0 Å². The van der Waals surface area contributed by atoms with Crippen molar-refractivity contribution in [1.29, 1.82) is 0 Å². The molecule has 0 aliphatic heterocycles. The van der Waals surface area contributed by atoms with Crippen LogP contribution in [0.2, 0.25) is 0 Å². The molecule has 70 valence electrons. The monoisotopic (exact) mass is 177 g/mol. The van der Waals surface area contributed by atoms with Crippen LogP contribution in [0.25, 0.3) is 0 Å². The van der Waals surface area contributed by atoms with Gasteiger partial charge < -0.3 is 20.3 Å². The van der Waals surface area contributed by atoms with Gasteiger partial charge >= 0.3 is 11.9 Å². The Labute approximate surface area is 69.2 Å². The molecule has 0 aliphatic rings. The highest BCUT2D eigenvalue weighted by molar-refractivity contribution is 5.85. The normalized spacial score (nSPS) is 14.7. The lowest BCUT2D eigenvalue weighted by Gasteiger charge is -2.13. The third-order valence-corrected chi connectivity index (χ3v) is 1.26. The molecular weight excluding hydrogens is 166 g/mol. The van der Waals surface area contributed by atoms with Crippen LogP contribution in [0.1, 0.15) is 0 Å². The van der Waals surface area contributed by atoms with Gasteiger partial charge in [0.25, 0.3) is 0 Å². The van der Waals surface area contributed by atoms with E-state index in [9.17, 15) is 9.59 Å². The number of nitrogens with two attached hydrogens (primary N) is 1. The van der Waals surface area contributed by atoms with Crippen LogP contribution in [-0.2, 0) is 19.1 Å². The number of methoxy groups -OCH3 is 2. The van der Waals surface area contributed by atoms with E-state index >= 15 is 0 Å². The van der Waals surface area contributed by atoms with Gasteiger partial charge in [0.15, 0.2) is 6.10 Å². The lowest BCUT2D eigenvalue weighted by atomic mass is 10.2. The van der Waals surface area contributed by atoms with Gasteiger partial charge in [-0.25, -0.2) is 4.79 Å². The third kappa shape index (κ3) is 2.48. The van der Waals surface area contributed by atoms with Crippen LogP contribution < -0.4 is 5.73 Å². The largest absolute Gasteiger partial charge is 0.468 e. The van der Waals surface area contributed by atoms with Crippen LogP contribution in [0, 0.1) is 0 Å². The molecule has 0 fully saturated rings. The molecule has 2 atom stereocenters. The number of ether oxygens (including phenoxy) is 2. The minimum atomic E-state index is -1.68. The van der Waals surface area contributed by atoms with Crippen LogP contribution >= 0.6 is 0 Å². The van der Waals surface area contributed by atoms with Crippen LogP contribution in [0.4, 0.5) is 0 Å². The minimum Gasteiger partial charge on any atom is -0.468 e. The van der Waals surface area contributed by atoms with Gasteiger partial charge in [0.1, 0.15) is 6.04 Å². The molecule has 0 aromatic carbocycles. The maximum absolute atomic E-state index is 10.7. The Morgan fingerprint density at radius 3 is 2.00 bits per heavy atom. The summed E-state index contributed by atoms with van der Waals surface area (Å²) in [6.07, 6.45) is -1.68. The van der Waals surface area contributed by atoms with Crippen molar-refractivity contribution in [1.82, 2.24) is 0 Å². The van der Waals surface area contributed by atoms with Gasteiger partial charge in [0, 0.05) is 0 Å². The van der Waals surface area contributed by atoms with Crippen LogP contribution in [0.3, 0.4) is 0 Å². The second-order valence-corrected chi connectivity index (χ2v) is 2.02. The highest BCUT2D eigenvalue weighted by Gasteiger charge is 2.30. The smallest absolute Gasteiger partial charge is 0.336 e. The first-order valence-corrected chi connectivity index (χ1v) is 3.14. The second-order valence-electron chi connectivity index (χ2n) is 2.02. The summed E-state index contributed by atoms with van der Waals surface area (Å²) in [6, 6.07) is -1.40. The first-order valence-electron chi connectivity index (χ1n) is 3.14. The first-order chi connectivity index (χ1) is 5.54. The van der Waals surface area contributed by atoms with E-state index in [0.717, 1.165) is 14.2 Å². The average molecular weight is 177 g/mol. The van der Waals surface area contributed by atoms with Crippen molar-refractivity contribution >= 4 is 11.9 Å². The predicted octanol–water partition coefficient (Wildman–Crippen LogP) is -1.98. The maximum Gasteiger partial charge on any atom is 0.336 e. The molecular formula is C6H11NO5. The fourth-order valence-electron chi connectivity index (χ4n) is 0.532. The molecule has 0 saturated carbocycles. The highest BCUT2D eigenvalue weighted by atomic mass is 16.5. The lowest BCUT2D eigenvalue weighted by molar-refractivity contribution is -0.158. The number of hydrogen-bond acceptors (Lipinski definition) is 6. The highest BCUT2D eigenvalue weighted by Crippen LogP contribution is 1.95. The summed E-state index contributed by atoms with van der Waals surface area (Å²) in [7, 11) is 2.18. The Morgan fingerprint density at radius 1 is 1.25 bits per heavy atom. The fourth-order valence-corrected chi connectivity index (χ4v) is 0.532. The molecule has 0 aromatic rings. The van der Waals surface area contributed by atoms with E-state index in [0.29, 0.717) is 0 Å². The summed E-state index contributed by atoms with van der Waals surface area (Å²) in [4.78, 5) is 21.3. The number of carbonyl (C=O) groups excluding carboxylic acids is 2. The lowest BCUT2D eigenvalue weighted by Crippen LogP contribution is -2.47. The molecule has 6 nitrogen and oxygen atoms in total. The van der Waals surface area contributed by atoms with Gasteiger partial charge in [-0.3, -0.25) is 4.79 Å². The maximum atomic E-state index is 10.7. The molecule has 3 N–H and O–H groups in total. The molecule has 0 bridgehead atoms. The Hall–Kier alpha value is -1.14. The van der Waals surface area contributed by atoms with Crippen molar-refractivity contribution in [2.45, 2.75) is 12.1 Å². The predicted molar refractivity (Wildman–Crippen MR) is 38.0 cm³/mol. The van der Waals surface area contributed by atoms with Crippen molar-refractivity contribution in [2.75, 3.05) is 14.2 Å². The van der Waals surface area contributed by atoms with Crippen LogP contribution in [0.15, 0.2) is 0 Å². The van der Waals surface area contributed by atoms with E-state index in [1.165, 1.54) is 0 Å². The molecule has 0 saturated heterocycles. The Kier molecular flexibility index (Phi) is 4.24. The average Bonchev–Trinajstić information content (AvgIpc) is 2.12. The van der Waals surface area contributed by atoms with Crippen molar-refractivity contribution in [3.05, 3.63) is 0 Å². The first kappa shape index (κ1) is 10.9. The van der Waals surface area contributed by atoms with E-state index < -0.39 is 24.1 Å². The van der Waals surface area contributed by atoms with Gasteiger partial charge in [-0.2, -0.15) is 0 Å². The van der Waals surface area contributed by atoms with E-state index in [1.54, 1.807) is 0 Å². The third-order valence-electron chi connectivity index (χ3n) is 1.26. The zero-order valence-electron chi connectivity index (χ0n) is 6.81. The Balaban J connectivity index is 4.18. The zero-order chi connectivity index (χ0) is 9.72. The van der Waals surface area contributed by atoms with Gasteiger partial charge in [-0.1, -0.05) is 0 Å². The summed E-state index contributed by atoms with van der Waals surface area (Å²) in [6.45, 7) is 0. The number of esters is 2.